The van der Waals surface area contributed by atoms with Crippen LogP contribution in [0, 0.1) is 18.8 Å². The molecule has 1 aromatic carbocycles. The molecule has 0 saturated carbocycles. The van der Waals surface area contributed by atoms with Crippen molar-refractivity contribution in [1.82, 2.24) is 19.4 Å². The van der Waals surface area contributed by atoms with Crippen molar-refractivity contribution in [3.8, 4) is 11.4 Å². The predicted octanol–water partition coefficient (Wildman–Crippen LogP) is 4.30. The predicted molar refractivity (Wildman–Crippen MR) is 112 cm³/mol. The van der Waals surface area contributed by atoms with Gasteiger partial charge in [0.15, 0.2) is 0 Å². The molecule has 5 heteroatoms. The van der Waals surface area contributed by atoms with Crippen molar-refractivity contribution >= 4 is 16.8 Å². The number of amides is 1. The van der Waals surface area contributed by atoms with E-state index >= 15 is 0 Å². The highest BCUT2D eigenvalue weighted by Crippen LogP contribution is 2.30. The summed E-state index contributed by atoms with van der Waals surface area (Å²) in [5.74, 6) is 1.93. The van der Waals surface area contributed by atoms with Crippen LogP contribution in [0.4, 0.5) is 0 Å². The third-order valence-corrected chi connectivity index (χ3v) is 5.80. The Morgan fingerprint density at radius 2 is 1.93 bits per heavy atom. The molecular weight excluding hydrogens is 348 g/mol. The molecule has 2 aromatic heterocycles. The topological polar surface area (TPSA) is 51.0 Å². The molecule has 1 aliphatic heterocycles. The first-order valence-corrected chi connectivity index (χ1v) is 10.2. The van der Waals surface area contributed by atoms with E-state index in [0.29, 0.717) is 5.92 Å². The Bertz CT molecular complexity index is 983. The van der Waals surface area contributed by atoms with Crippen LogP contribution in [0.15, 0.2) is 42.9 Å². The second kappa shape index (κ2) is 7.74. The van der Waals surface area contributed by atoms with Crippen molar-refractivity contribution in [2.45, 2.75) is 40.2 Å². The first kappa shape index (κ1) is 18.7. The molecule has 5 nitrogen and oxygen atoms in total. The van der Waals surface area contributed by atoms with Gasteiger partial charge in [-0.25, -0.2) is 4.98 Å². The molecule has 28 heavy (non-hydrogen) atoms. The number of benzene rings is 1. The average Bonchev–Trinajstić information content (AvgIpc) is 3.16. The molecule has 0 aliphatic carbocycles. The fraction of sp³-hybridized carbons (Fsp3) is 0.435. The van der Waals surface area contributed by atoms with Gasteiger partial charge in [-0.05, 0) is 37.3 Å². The second-order valence-corrected chi connectivity index (χ2v) is 8.16. The summed E-state index contributed by atoms with van der Waals surface area (Å²) in [6, 6.07) is 8.39. The normalized spacial score (nSPS) is 15.5. The lowest BCUT2D eigenvalue weighted by atomic mass is 9.95. The molecule has 0 atom stereocenters. The summed E-state index contributed by atoms with van der Waals surface area (Å²) < 4.78 is 2.27. The molecule has 1 amide bonds. The first-order chi connectivity index (χ1) is 13.5. The molecule has 0 unspecified atom stereocenters. The highest BCUT2D eigenvalue weighted by molar-refractivity contribution is 5.94. The fourth-order valence-electron chi connectivity index (χ4n) is 4.19. The number of likely N-dealkylation sites (tertiary alicyclic amines) is 1. The van der Waals surface area contributed by atoms with Gasteiger partial charge in [-0.3, -0.25) is 9.78 Å². The third-order valence-electron chi connectivity index (χ3n) is 5.80. The number of rotatable bonds is 4. The molecular formula is C23H28N4O. The lowest BCUT2D eigenvalue weighted by molar-refractivity contribution is -0.135. The van der Waals surface area contributed by atoms with E-state index in [-0.39, 0.29) is 11.8 Å². The number of hydrogen-bond acceptors (Lipinski definition) is 3. The van der Waals surface area contributed by atoms with Crippen molar-refractivity contribution in [2.24, 2.45) is 11.8 Å². The van der Waals surface area contributed by atoms with Crippen molar-refractivity contribution < 1.29 is 4.79 Å². The summed E-state index contributed by atoms with van der Waals surface area (Å²) in [7, 11) is 0. The minimum atomic E-state index is 0.0835. The van der Waals surface area contributed by atoms with Crippen LogP contribution in [0.1, 0.15) is 32.3 Å². The lowest BCUT2D eigenvalue weighted by Crippen LogP contribution is -2.41. The molecule has 3 aromatic rings. The van der Waals surface area contributed by atoms with Gasteiger partial charge in [0.25, 0.3) is 0 Å². The zero-order chi connectivity index (χ0) is 19.7. The Morgan fingerprint density at radius 3 is 2.68 bits per heavy atom. The van der Waals surface area contributed by atoms with Gasteiger partial charge in [0.1, 0.15) is 5.82 Å². The second-order valence-electron chi connectivity index (χ2n) is 8.16. The molecule has 0 radical (unpaired) electrons. The van der Waals surface area contributed by atoms with Crippen LogP contribution in [0.2, 0.25) is 0 Å². The van der Waals surface area contributed by atoms with Crippen molar-refractivity contribution in [2.75, 3.05) is 13.1 Å². The van der Waals surface area contributed by atoms with E-state index in [4.69, 9.17) is 0 Å². The number of nitrogens with zero attached hydrogens (tertiary/aromatic N) is 4. The van der Waals surface area contributed by atoms with Gasteiger partial charge < -0.3 is 9.47 Å². The van der Waals surface area contributed by atoms with Crippen molar-refractivity contribution in [3.63, 3.8) is 0 Å². The summed E-state index contributed by atoms with van der Waals surface area (Å²) >= 11 is 0. The Balaban J connectivity index is 1.54. The summed E-state index contributed by atoms with van der Waals surface area (Å²) in [5, 5.41) is 1.15. The smallest absolute Gasteiger partial charge is 0.225 e. The van der Waals surface area contributed by atoms with Crippen LogP contribution in [-0.2, 0) is 11.3 Å². The van der Waals surface area contributed by atoms with Gasteiger partial charge >= 0.3 is 0 Å². The maximum atomic E-state index is 12.2. The molecule has 0 bridgehead atoms. The standard InChI is InChI=1S/C23H28N4O/c1-16(2)23(28)26-12-8-18(9-13-26)15-27-14-11-25-22(27)20-7-6-17(3)21-19(20)5-4-10-24-21/h4-7,10-11,14,16,18H,8-9,12-13,15H2,1-3H3. The minimum Gasteiger partial charge on any atom is -0.342 e. The van der Waals surface area contributed by atoms with E-state index < -0.39 is 0 Å². The Kier molecular flexibility index (Phi) is 5.16. The van der Waals surface area contributed by atoms with Crippen LogP contribution < -0.4 is 0 Å². The molecule has 4 rings (SSSR count). The van der Waals surface area contributed by atoms with E-state index in [1.165, 1.54) is 5.56 Å². The molecule has 1 saturated heterocycles. The number of hydrogen-bond donors (Lipinski definition) is 0. The SMILES string of the molecule is Cc1ccc(-c2nccn2CC2CCN(C(=O)C(C)C)CC2)c2cccnc12. The molecule has 1 aliphatic rings. The number of imidazole rings is 1. The number of aromatic nitrogens is 3. The van der Waals surface area contributed by atoms with Gasteiger partial charge in [0.05, 0.1) is 5.52 Å². The van der Waals surface area contributed by atoms with Gasteiger partial charge in [-0.1, -0.05) is 32.0 Å². The van der Waals surface area contributed by atoms with Gasteiger partial charge in [-0.15, -0.1) is 0 Å². The Hall–Kier alpha value is -2.69. The van der Waals surface area contributed by atoms with E-state index in [9.17, 15) is 4.79 Å². The highest BCUT2D eigenvalue weighted by Gasteiger charge is 2.25. The lowest BCUT2D eigenvalue weighted by Gasteiger charge is -2.33. The largest absolute Gasteiger partial charge is 0.342 e. The zero-order valence-electron chi connectivity index (χ0n) is 16.9. The highest BCUT2D eigenvalue weighted by atomic mass is 16.2. The number of carbonyl (C=O) groups excluding carboxylic acids is 1. The van der Waals surface area contributed by atoms with Crippen molar-refractivity contribution in [1.29, 1.82) is 0 Å². The van der Waals surface area contributed by atoms with E-state index in [1.807, 2.05) is 37.2 Å². The van der Waals surface area contributed by atoms with E-state index in [0.717, 1.165) is 54.8 Å². The number of fused-ring (bicyclic) bond motifs is 1. The number of carbonyl (C=O) groups is 1. The van der Waals surface area contributed by atoms with Crippen LogP contribution in [0.3, 0.4) is 0 Å². The zero-order valence-corrected chi connectivity index (χ0v) is 16.9. The maximum Gasteiger partial charge on any atom is 0.225 e. The van der Waals surface area contributed by atoms with Gasteiger partial charge in [0, 0.05) is 55.1 Å². The van der Waals surface area contributed by atoms with E-state index in [1.54, 1.807) is 0 Å². The number of pyridine rings is 1. The third kappa shape index (κ3) is 3.53. The summed E-state index contributed by atoms with van der Waals surface area (Å²) in [6.07, 6.45) is 7.90. The molecule has 146 valence electrons. The average molecular weight is 377 g/mol. The Morgan fingerprint density at radius 1 is 1.14 bits per heavy atom. The molecule has 3 heterocycles. The van der Waals surface area contributed by atoms with Crippen molar-refractivity contribution in [3.05, 3.63) is 48.4 Å². The van der Waals surface area contributed by atoms with Gasteiger partial charge in [0.2, 0.25) is 5.91 Å². The van der Waals surface area contributed by atoms with Crippen LogP contribution in [0.25, 0.3) is 22.3 Å². The van der Waals surface area contributed by atoms with Crippen LogP contribution >= 0.6 is 0 Å². The molecule has 0 N–H and O–H groups in total. The monoisotopic (exact) mass is 376 g/mol. The number of piperidine rings is 1. The first-order valence-electron chi connectivity index (χ1n) is 10.2. The van der Waals surface area contributed by atoms with Crippen LogP contribution in [0.5, 0.6) is 0 Å². The summed E-state index contributed by atoms with van der Waals surface area (Å²) in [5.41, 5.74) is 3.35. The summed E-state index contributed by atoms with van der Waals surface area (Å²) in [4.78, 5) is 23.5. The van der Waals surface area contributed by atoms with Crippen LogP contribution in [-0.4, -0.2) is 38.4 Å². The fourth-order valence-corrected chi connectivity index (χ4v) is 4.19. The number of aryl methyl sites for hydroxylation is 1. The quantitative estimate of drug-likeness (QED) is 0.682. The maximum absolute atomic E-state index is 12.2. The molecule has 0 spiro atoms. The Labute approximate surface area is 166 Å². The summed E-state index contributed by atoms with van der Waals surface area (Å²) in [6.45, 7) is 8.72. The minimum absolute atomic E-state index is 0.0835. The van der Waals surface area contributed by atoms with Gasteiger partial charge in [-0.2, -0.15) is 0 Å². The van der Waals surface area contributed by atoms with E-state index in [2.05, 4.69) is 45.9 Å². The molecule has 1 fully saturated rings.